The van der Waals surface area contributed by atoms with Gasteiger partial charge in [-0.1, -0.05) is 6.92 Å². The summed E-state index contributed by atoms with van der Waals surface area (Å²) in [7, 11) is 0. The first-order valence-corrected chi connectivity index (χ1v) is 9.30. The molecular weight excluding hydrogens is 364 g/mol. The molecule has 0 aromatic carbocycles. The van der Waals surface area contributed by atoms with Crippen molar-refractivity contribution in [2.45, 2.75) is 46.1 Å². The Morgan fingerprint density at radius 1 is 1.36 bits per heavy atom. The van der Waals surface area contributed by atoms with Crippen LogP contribution in [0.1, 0.15) is 47.5 Å². The summed E-state index contributed by atoms with van der Waals surface area (Å²) in [6.07, 6.45) is 3.04. The number of nitrogens with one attached hydrogen (secondary N) is 2. The minimum Gasteiger partial charge on any atom is -0.462 e. The van der Waals surface area contributed by atoms with Crippen LogP contribution in [0, 0.1) is 6.92 Å². The predicted octanol–water partition coefficient (Wildman–Crippen LogP) is 2.92. The van der Waals surface area contributed by atoms with Crippen LogP contribution in [0.3, 0.4) is 0 Å². The van der Waals surface area contributed by atoms with Gasteiger partial charge in [0, 0.05) is 18.0 Å². The fraction of sp³-hybridized carbons (Fsp3) is 0.647. The molecular formula is C17H27ClN2O4S. The summed E-state index contributed by atoms with van der Waals surface area (Å²) in [4.78, 5) is 25.4. The van der Waals surface area contributed by atoms with Gasteiger partial charge in [-0.3, -0.25) is 4.79 Å². The molecule has 1 amide bonds. The van der Waals surface area contributed by atoms with Gasteiger partial charge in [-0.25, -0.2) is 4.79 Å². The summed E-state index contributed by atoms with van der Waals surface area (Å²) in [5.41, 5.74) is 1.44. The van der Waals surface area contributed by atoms with Crippen molar-refractivity contribution in [3.63, 3.8) is 0 Å². The summed E-state index contributed by atoms with van der Waals surface area (Å²) >= 11 is 1.42. The van der Waals surface area contributed by atoms with Gasteiger partial charge in [0.25, 0.3) is 0 Å². The zero-order valence-electron chi connectivity index (χ0n) is 15.0. The molecule has 1 fully saturated rings. The monoisotopic (exact) mass is 390 g/mol. The summed E-state index contributed by atoms with van der Waals surface area (Å²) in [6, 6.07) is 0. The van der Waals surface area contributed by atoms with Crippen molar-refractivity contribution < 1.29 is 19.1 Å². The largest absolute Gasteiger partial charge is 0.462 e. The third-order valence-corrected chi connectivity index (χ3v) is 5.04. The van der Waals surface area contributed by atoms with Crippen LogP contribution >= 0.6 is 23.7 Å². The molecule has 1 aliphatic rings. The first-order chi connectivity index (χ1) is 11.6. The molecule has 142 valence electrons. The van der Waals surface area contributed by atoms with E-state index in [0.29, 0.717) is 23.7 Å². The van der Waals surface area contributed by atoms with Crippen molar-refractivity contribution in [1.82, 2.24) is 5.32 Å². The molecule has 0 spiro atoms. The van der Waals surface area contributed by atoms with Gasteiger partial charge in [0.1, 0.15) is 5.00 Å². The lowest BCUT2D eigenvalue weighted by Crippen LogP contribution is -2.33. The van der Waals surface area contributed by atoms with E-state index in [4.69, 9.17) is 9.47 Å². The number of thiophene rings is 1. The number of amides is 1. The normalized spacial score (nSPS) is 16.4. The molecule has 1 saturated heterocycles. The highest BCUT2D eigenvalue weighted by atomic mass is 35.5. The molecule has 6 nitrogen and oxygen atoms in total. The lowest BCUT2D eigenvalue weighted by atomic mass is 10.1. The number of carbonyl (C=O) groups is 2. The van der Waals surface area contributed by atoms with Gasteiger partial charge in [0.15, 0.2) is 0 Å². The van der Waals surface area contributed by atoms with Crippen LogP contribution in [0.15, 0.2) is 0 Å². The van der Waals surface area contributed by atoms with E-state index in [0.717, 1.165) is 36.3 Å². The molecule has 1 unspecified atom stereocenters. The molecule has 25 heavy (non-hydrogen) atoms. The molecule has 8 heteroatoms. The SMILES string of the molecule is CCOC(=O)c1c(NC(=O)CNCC2CCCO2)sc(C)c1CC.Cl. The van der Waals surface area contributed by atoms with Crippen LogP contribution in [0.2, 0.25) is 0 Å². The van der Waals surface area contributed by atoms with E-state index in [2.05, 4.69) is 10.6 Å². The predicted molar refractivity (Wildman–Crippen MR) is 102 cm³/mol. The van der Waals surface area contributed by atoms with Gasteiger partial charge >= 0.3 is 5.97 Å². The number of halogens is 1. The summed E-state index contributed by atoms with van der Waals surface area (Å²) < 4.78 is 10.6. The van der Waals surface area contributed by atoms with Gasteiger partial charge in [-0.15, -0.1) is 23.7 Å². The van der Waals surface area contributed by atoms with E-state index in [1.165, 1.54) is 11.3 Å². The zero-order chi connectivity index (χ0) is 17.5. The number of ether oxygens (including phenoxy) is 2. The number of rotatable bonds is 8. The fourth-order valence-corrected chi connectivity index (χ4v) is 3.98. The minimum absolute atomic E-state index is 0. The Balaban J connectivity index is 0.00000312. The second-order valence-electron chi connectivity index (χ2n) is 5.73. The molecule has 1 aliphatic heterocycles. The Bertz CT molecular complexity index is 585. The molecule has 1 aromatic heterocycles. The molecule has 2 N–H and O–H groups in total. The van der Waals surface area contributed by atoms with Crippen LogP contribution < -0.4 is 10.6 Å². The highest BCUT2D eigenvalue weighted by molar-refractivity contribution is 7.16. The third kappa shape index (κ3) is 5.95. The fourth-order valence-electron chi connectivity index (χ4n) is 2.83. The quantitative estimate of drug-likeness (QED) is 0.667. The zero-order valence-corrected chi connectivity index (χ0v) is 16.6. The van der Waals surface area contributed by atoms with Crippen LogP contribution in [0.5, 0.6) is 0 Å². The maximum atomic E-state index is 12.2. The van der Waals surface area contributed by atoms with Gasteiger partial charge in [0.05, 0.1) is 24.8 Å². The molecule has 0 saturated carbocycles. The standard InChI is InChI=1S/C17H26N2O4S.ClH/c1-4-13-11(3)24-16(15(13)17(21)22-5-2)19-14(20)10-18-9-12-7-6-8-23-12;/h12,18H,4-10H2,1-3H3,(H,19,20);1H. The van der Waals surface area contributed by atoms with Gasteiger partial charge in [0.2, 0.25) is 5.91 Å². The second-order valence-corrected chi connectivity index (χ2v) is 6.95. The molecule has 1 aromatic rings. The van der Waals surface area contributed by atoms with Gasteiger partial charge < -0.3 is 20.1 Å². The number of anilines is 1. The number of hydrogen-bond donors (Lipinski definition) is 2. The maximum absolute atomic E-state index is 12.2. The molecule has 0 aliphatic carbocycles. The molecule has 0 radical (unpaired) electrons. The van der Waals surface area contributed by atoms with Crippen LogP contribution in [-0.2, 0) is 20.7 Å². The van der Waals surface area contributed by atoms with Crippen LogP contribution in [-0.4, -0.2) is 44.3 Å². The summed E-state index contributed by atoms with van der Waals surface area (Å²) in [6.45, 7) is 7.70. The van der Waals surface area contributed by atoms with Crippen molar-refractivity contribution in [1.29, 1.82) is 0 Å². The van der Waals surface area contributed by atoms with Crippen molar-refractivity contribution in [2.75, 3.05) is 31.6 Å². The first kappa shape index (κ1) is 21.9. The molecule has 0 bridgehead atoms. The van der Waals surface area contributed by atoms with Crippen molar-refractivity contribution in [3.8, 4) is 0 Å². The number of aryl methyl sites for hydroxylation is 1. The lowest BCUT2D eigenvalue weighted by molar-refractivity contribution is -0.115. The van der Waals surface area contributed by atoms with Crippen molar-refractivity contribution in [3.05, 3.63) is 16.0 Å². The average Bonchev–Trinajstić information content (AvgIpc) is 3.15. The van der Waals surface area contributed by atoms with E-state index in [1.807, 2.05) is 13.8 Å². The Kier molecular flexibility index (Phi) is 9.42. The minimum atomic E-state index is -0.374. The molecule has 1 atom stereocenters. The van der Waals surface area contributed by atoms with E-state index < -0.39 is 0 Å². The molecule has 2 rings (SSSR count). The van der Waals surface area contributed by atoms with Gasteiger partial charge in [-0.05, 0) is 38.7 Å². The highest BCUT2D eigenvalue weighted by Crippen LogP contribution is 2.34. The Morgan fingerprint density at radius 2 is 2.12 bits per heavy atom. The van der Waals surface area contributed by atoms with Crippen LogP contribution in [0.4, 0.5) is 5.00 Å². The average molecular weight is 391 g/mol. The van der Waals surface area contributed by atoms with Crippen molar-refractivity contribution in [2.24, 2.45) is 0 Å². The van der Waals surface area contributed by atoms with Crippen LogP contribution in [0.25, 0.3) is 0 Å². The Morgan fingerprint density at radius 3 is 2.72 bits per heavy atom. The Labute approximate surface area is 159 Å². The smallest absolute Gasteiger partial charge is 0.341 e. The number of hydrogen-bond acceptors (Lipinski definition) is 6. The summed E-state index contributed by atoms with van der Waals surface area (Å²) in [5, 5.41) is 6.53. The lowest BCUT2D eigenvalue weighted by Gasteiger charge is -2.11. The van der Waals surface area contributed by atoms with Crippen molar-refractivity contribution >= 4 is 40.6 Å². The topological polar surface area (TPSA) is 76.7 Å². The second kappa shape index (κ2) is 10.8. The highest BCUT2D eigenvalue weighted by Gasteiger charge is 2.23. The Hall–Kier alpha value is -1.15. The number of esters is 1. The van der Waals surface area contributed by atoms with Gasteiger partial charge in [-0.2, -0.15) is 0 Å². The third-order valence-electron chi connectivity index (χ3n) is 3.98. The summed E-state index contributed by atoms with van der Waals surface area (Å²) in [5.74, 6) is -0.538. The van der Waals surface area contributed by atoms with E-state index in [9.17, 15) is 9.59 Å². The number of carbonyl (C=O) groups excluding carboxylic acids is 2. The maximum Gasteiger partial charge on any atom is 0.341 e. The molecule has 2 heterocycles. The van der Waals surface area contributed by atoms with E-state index in [-0.39, 0.29) is 36.9 Å². The first-order valence-electron chi connectivity index (χ1n) is 8.48. The van der Waals surface area contributed by atoms with E-state index in [1.54, 1.807) is 6.92 Å². The van der Waals surface area contributed by atoms with E-state index >= 15 is 0 Å².